The van der Waals surface area contributed by atoms with Crippen molar-refractivity contribution >= 4 is 29.0 Å². The van der Waals surface area contributed by atoms with Gasteiger partial charge in [-0.2, -0.15) is 13.2 Å². The Bertz CT molecular complexity index is 940. The molecular weight excluding hydrogens is 387 g/mol. The maximum absolute atomic E-state index is 12.8. The molecular formula is C20H20F3N3OS. The highest BCUT2D eigenvalue weighted by molar-refractivity contribution is 7.99. The highest BCUT2D eigenvalue weighted by Crippen LogP contribution is 2.33. The van der Waals surface area contributed by atoms with E-state index in [1.807, 2.05) is 10.6 Å². The Labute approximate surface area is 165 Å². The van der Waals surface area contributed by atoms with E-state index in [9.17, 15) is 18.0 Å². The van der Waals surface area contributed by atoms with Crippen molar-refractivity contribution in [2.24, 2.45) is 0 Å². The van der Waals surface area contributed by atoms with Gasteiger partial charge in [0.2, 0.25) is 0 Å². The van der Waals surface area contributed by atoms with Crippen molar-refractivity contribution in [2.45, 2.75) is 43.3 Å². The molecule has 0 amide bonds. The maximum atomic E-state index is 12.8. The first kappa shape index (κ1) is 20.4. The number of nitrogens with zero attached hydrogens (tertiary/aromatic N) is 3. The number of hydrogen-bond acceptors (Lipinski definition) is 4. The third-order valence-electron chi connectivity index (χ3n) is 4.37. The molecule has 0 fully saturated rings. The summed E-state index contributed by atoms with van der Waals surface area (Å²) in [5.74, 6) is 0.903. The van der Waals surface area contributed by atoms with Crippen LogP contribution < -0.4 is 0 Å². The Morgan fingerprint density at radius 3 is 2.64 bits per heavy atom. The minimum atomic E-state index is -4.36. The monoisotopic (exact) mass is 407 g/mol. The highest BCUT2D eigenvalue weighted by atomic mass is 32.2. The van der Waals surface area contributed by atoms with Gasteiger partial charge in [-0.3, -0.25) is 9.78 Å². The van der Waals surface area contributed by atoms with Crippen molar-refractivity contribution in [3.8, 4) is 0 Å². The van der Waals surface area contributed by atoms with Gasteiger partial charge in [-0.05, 0) is 36.8 Å². The Morgan fingerprint density at radius 1 is 1.07 bits per heavy atom. The molecule has 0 saturated heterocycles. The first-order chi connectivity index (χ1) is 13.5. The normalized spacial score (nSPS) is 11.8. The molecule has 0 atom stereocenters. The summed E-state index contributed by atoms with van der Waals surface area (Å²) in [6.07, 6.45) is 5.52. The molecule has 0 aliphatic rings. The lowest BCUT2D eigenvalue weighted by molar-refractivity contribution is -0.137. The van der Waals surface area contributed by atoms with Gasteiger partial charge in [-0.15, -0.1) is 11.8 Å². The van der Waals surface area contributed by atoms with Crippen LogP contribution in [0, 0.1) is 0 Å². The molecule has 3 aromatic rings. The van der Waals surface area contributed by atoms with E-state index in [4.69, 9.17) is 0 Å². The van der Waals surface area contributed by atoms with E-state index in [1.54, 1.807) is 30.5 Å². The van der Waals surface area contributed by atoms with Crippen molar-refractivity contribution in [1.82, 2.24) is 14.5 Å². The van der Waals surface area contributed by atoms with E-state index in [2.05, 4.69) is 9.97 Å². The van der Waals surface area contributed by atoms with Gasteiger partial charge in [0.1, 0.15) is 5.69 Å². The molecule has 0 aliphatic carbocycles. The first-order valence-electron chi connectivity index (χ1n) is 9.03. The fourth-order valence-corrected chi connectivity index (χ4v) is 3.97. The Morgan fingerprint density at radius 2 is 1.89 bits per heavy atom. The van der Waals surface area contributed by atoms with E-state index in [0.717, 1.165) is 66.7 Å². The van der Waals surface area contributed by atoms with E-state index in [-0.39, 0.29) is 0 Å². The summed E-state index contributed by atoms with van der Waals surface area (Å²) < 4.78 is 40.4. The number of carbonyl (C=O) groups is 1. The van der Waals surface area contributed by atoms with Crippen molar-refractivity contribution in [2.75, 3.05) is 5.75 Å². The number of thioether (sulfide) groups is 1. The average molecular weight is 407 g/mol. The van der Waals surface area contributed by atoms with Gasteiger partial charge in [-0.1, -0.05) is 18.9 Å². The third kappa shape index (κ3) is 5.34. The summed E-state index contributed by atoms with van der Waals surface area (Å²) in [5, 5.41) is 0.756. The number of hydrogen-bond donors (Lipinski definition) is 0. The second-order valence-corrected chi connectivity index (χ2v) is 7.59. The predicted octanol–water partition coefficient (Wildman–Crippen LogP) is 5.62. The average Bonchev–Trinajstić information content (AvgIpc) is 3.14. The van der Waals surface area contributed by atoms with Crippen LogP contribution in [-0.4, -0.2) is 26.6 Å². The second kappa shape index (κ2) is 9.23. The smallest absolute Gasteiger partial charge is 0.337 e. The van der Waals surface area contributed by atoms with Crippen LogP contribution in [0.2, 0.25) is 0 Å². The van der Waals surface area contributed by atoms with E-state index < -0.39 is 11.7 Å². The number of aldehydes is 1. The molecule has 3 rings (SSSR count). The topological polar surface area (TPSA) is 47.8 Å². The fraction of sp³-hybridized carbons (Fsp3) is 0.350. The van der Waals surface area contributed by atoms with Crippen LogP contribution in [0.25, 0.3) is 10.9 Å². The maximum Gasteiger partial charge on any atom is 0.416 e. The van der Waals surface area contributed by atoms with Crippen LogP contribution in [0.3, 0.4) is 0 Å². The van der Waals surface area contributed by atoms with Crippen molar-refractivity contribution in [3.05, 3.63) is 54.2 Å². The van der Waals surface area contributed by atoms with Crippen LogP contribution >= 0.6 is 11.8 Å². The number of pyridine rings is 1. The SMILES string of the molecule is O=Cc1cn(CCCCCCSc2ccnc3cc(C(F)(F)F)ccc23)cn1. The molecule has 1 aromatic carbocycles. The van der Waals surface area contributed by atoms with Gasteiger partial charge in [0.05, 0.1) is 17.4 Å². The minimum Gasteiger partial charge on any atom is -0.337 e. The quantitative estimate of drug-likeness (QED) is 0.263. The molecule has 2 aromatic heterocycles. The number of carbonyl (C=O) groups excluding carboxylic acids is 1. The Balaban J connectivity index is 1.44. The number of unbranched alkanes of at least 4 members (excludes halogenated alkanes) is 3. The third-order valence-corrected chi connectivity index (χ3v) is 5.53. The molecule has 0 N–H and O–H groups in total. The Hall–Kier alpha value is -2.35. The second-order valence-electron chi connectivity index (χ2n) is 6.46. The number of aromatic nitrogens is 3. The van der Waals surface area contributed by atoms with Gasteiger partial charge in [0.15, 0.2) is 6.29 Å². The molecule has 0 unspecified atom stereocenters. The van der Waals surface area contributed by atoms with Crippen LogP contribution in [0.15, 0.2) is 47.9 Å². The number of alkyl halides is 3. The van der Waals surface area contributed by atoms with E-state index in [1.165, 1.54) is 6.07 Å². The number of rotatable bonds is 9. The van der Waals surface area contributed by atoms with Gasteiger partial charge in [0, 0.05) is 29.2 Å². The molecule has 0 aliphatic heterocycles. The zero-order valence-corrected chi connectivity index (χ0v) is 16.0. The molecule has 2 heterocycles. The lowest BCUT2D eigenvalue weighted by atomic mass is 10.1. The number of aryl methyl sites for hydroxylation is 1. The van der Waals surface area contributed by atoms with Crippen LogP contribution in [0.1, 0.15) is 41.7 Å². The van der Waals surface area contributed by atoms with Crippen LogP contribution in [-0.2, 0) is 12.7 Å². The minimum absolute atomic E-state index is 0.370. The number of fused-ring (bicyclic) bond motifs is 1. The van der Waals surface area contributed by atoms with Crippen molar-refractivity contribution < 1.29 is 18.0 Å². The summed E-state index contributed by atoms with van der Waals surface area (Å²) in [7, 11) is 0. The van der Waals surface area contributed by atoms with Crippen molar-refractivity contribution in [1.29, 1.82) is 0 Å². The molecule has 0 radical (unpaired) electrons. The predicted molar refractivity (Wildman–Crippen MR) is 104 cm³/mol. The molecule has 0 bridgehead atoms. The summed E-state index contributed by atoms with van der Waals surface area (Å²) in [4.78, 5) is 19.6. The molecule has 28 heavy (non-hydrogen) atoms. The molecule has 148 valence electrons. The summed E-state index contributed by atoms with van der Waals surface area (Å²) in [5.41, 5.74) is 0.144. The number of imidazole rings is 1. The lowest BCUT2D eigenvalue weighted by Gasteiger charge is -2.10. The fourth-order valence-electron chi connectivity index (χ4n) is 2.92. The highest BCUT2D eigenvalue weighted by Gasteiger charge is 2.30. The summed E-state index contributed by atoms with van der Waals surface area (Å²) in [6, 6.07) is 5.57. The summed E-state index contributed by atoms with van der Waals surface area (Å²) >= 11 is 1.65. The standard InChI is InChI=1S/C20H20F3N3OS/c21-20(22,23)15-5-6-17-18(11-15)24-8-7-19(17)28-10-4-2-1-3-9-26-12-16(13-27)25-14-26/h5-8,11-14H,1-4,9-10H2. The molecule has 0 spiro atoms. The van der Waals surface area contributed by atoms with Crippen LogP contribution in [0.5, 0.6) is 0 Å². The van der Waals surface area contributed by atoms with Crippen molar-refractivity contribution in [3.63, 3.8) is 0 Å². The van der Waals surface area contributed by atoms with Gasteiger partial charge in [-0.25, -0.2) is 4.98 Å². The van der Waals surface area contributed by atoms with Gasteiger partial charge >= 0.3 is 6.18 Å². The van der Waals surface area contributed by atoms with Gasteiger partial charge in [0.25, 0.3) is 0 Å². The molecule has 0 saturated carbocycles. The zero-order chi connectivity index (χ0) is 20.0. The molecule has 8 heteroatoms. The largest absolute Gasteiger partial charge is 0.416 e. The van der Waals surface area contributed by atoms with Gasteiger partial charge < -0.3 is 4.57 Å². The Kier molecular flexibility index (Phi) is 6.72. The zero-order valence-electron chi connectivity index (χ0n) is 15.2. The number of benzene rings is 1. The summed E-state index contributed by atoms with van der Waals surface area (Å²) in [6.45, 7) is 0.838. The lowest BCUT2D eigenvalue weighted by Crippen LogP contribution is -2.04. The van der Waals surface area contributed by atoms with E-state index in [0.29, 0.717) is 11.2 Å². The molecule has 4 nitrogen and oxygen atoms in total. The first-order valence-corrected chi connectivity index (χ1v) is 10.0. The van der Waals surface area contributed by atoms with Crippen LogP contribution in [0.4, 0.5) is 13.2 Å². The van der Waals surface area contributed by atoms with E-state index >= 15 is 0 Å². The number of halogens is 3.